The van der Waals surface area contributed by atoms with Gasteiger partial charge in [-0.05, 0) is 81.0 Å². The number of anilines is 1. The van der Waals surface area contributed by atoms with Gasteiger partial charge in [-0.25, -0.2) is 28.7 Å². The van der Waals surface area contributed by atoms with E-state index < -0.39 is 11.9 Å². The second-order valence-corrected chi connectivity index (χ2v) is 11.7. The number of nitrogens with zero attached hydrogens (tertiary/aromatic N) is 7. The fraction of sp³-hybridized carbons (Fsp3) is 0.333. The van der Waals surface area contributed by atoms with Gasteiger partial charge in [0.2, 0.25) is 5.95 Å². The molecule has 1 saturated heterocycles. The first-order valence-electron chi connectivity index (χ1n) is 15.5. The number of fused-ring (bicyclic) bond motifs is 1. The lowest BCUT2D eigenvalue weighted by Gasteiger charge is -2.34. The van der Waals surface area contributed by atoms with Crippen LogP contribution in [0.5, 0.6) is 0 Å². The summed E-state index contributed by atoms with van der Waals surface area (Å²) < 4.78 is 36.8. The first kappa shape index (κ1) is 29.5. The van der Waals surface area contributed by atoms with Gasteiger partial charge in [0.15, 0.2) is 11.5 Å². The van der Waals surface area contributed by atoms with Crippen LogP contribution in [0.2, 0.25) is 0 Å². The molecule has 0 radical (unpaired) electrons. The Morgan fingerprint density at radius 2 is 1.70 bits per heavy atom. The third-order valence-corrected chi connectivity index (χ3v) is 8.64. The molecule has 0 spiro atoms. The molecular formula is C33H32F2N8O3. The van der Waals surface area contributed by atoms with Gasteiger partial charge in [-0.1, -0.05) is 6.42 Å². The maximum Gasteiger partial charge on any atom is 0.410 e. The highest BCUT2D eigenvalue weighted by molar-refractivity contribution is 6.03. The monoisotopic (exact) mass is 626 g/mol. The quantitative estimate of drug-likeness (QED) is 0.220. The Labute approximate surface area is 263 Å². The summed E-state index contributed by atoms with van der Waals surface area (Å²) in [5.41, 5.74) is 3.30. The molecule has 11 nitrogen and oxygen atoms in total. The molecule has 0 unspecified atom stereocenters. The molecule has 1 saturated carbocycles. The zero-order valence-electron chi connectivity index (χ0n) is 25.0. The number of carbonyl (C=O) groups excluding carboxylic acids is 2. The Balaban J connectivity index is 1.15. The van der Waals surface area contributed by atoms with Crippen LogP contribution in [0.15, 0.2) is 67.3 Å². The van der Waals surface area contributed by atoms with Gasteiger partial charge < -0.3 is 19.5 Å². The minimum atomic E-state index is -0.757. The molecule has 1 aliphatic carbocycles. The molecule has 5 aromatic rings. The molecule has 0 atom stereocenters. The molecular weight excluding hydrogens is 594 g/mol. The van der Waals surface area contributed by atoms with E-state index in [2.05, 4.69) is 19.9 Å². The van der Waals surface area contributed by atoms with Crippen LogP contribution in [-0.4, -0.2) is 65.2 Å². The highest BCUT2D eigenvalue weighted by Gasteiger charge is 2.30. The second kappa shape index (κ2) is 12.7. The fourth-order valence-electron chi connectivity index (χ4n) is 6.24. The average Bonchev–Trinajstić information content (AvgIpc) is 3.69. The van der Waals surface area contributed by atoms with Gasteiger partial charge in [0.25, 0.3) is 5.91 Å². The molecule has 2 amide bonds. The Morgan fingerprint density at radius 1 is 0.913 bits per heavy atom. The number of ether oxygens (including phenoxy) is 1. The molecule has 7 rings (SSSR count). The minimum Gasteiger partial charge on any atom is -0.446 e. The first-order valence-corrected chi connectivity index (χ1v) is 15.5. The molecule has 1 N–H and O–H groups in total. The molecule has 0 bridgehead atoms. The first-order chi connectivity index (χ1) is 22.4. The van der Waals surface area contributed by atoms with Crippen LogP contribution in [-0.2, 0) is 4.74 Å². The van der Waals surface area contributed by atoms with Crippen molar-refractivity contribution in [3.8, 4) is 22.6 Å². The number of pyridine rings is 1. The van der Waals surface area contributed by atoms with Gasteiger partial charge in [-0.2, -0.15) is 9.49 Å². The van der Waals surface area contributed by atoms with Crippen molar-refractivity contribution in [2.45, 2.75) is 57.1 Å². The number of benzene rings is 1. The van der Waals surface area contributed by atoms with E-state index in [1.165, 1.54) is 30.8 Å². The van der Waals surface area contributed by atoms with Crippen LogP contribution < -0.4 is 5.32 Å². The van der Waals surface area contributed by atoms with E-state index in [0.717, 1.165) is 43.0 Å². The number of hydrogen-bond acceptors (Lipinski definition) is 7. The van der Waals surface area contributed by atoms with Gasteiger partial charge in [-0.15, -0.1) is 0 Å². The van der Waals surface area contributed by atoms with Gasteiger partial charge in [0.05, 0.1) is 23.9 Å². The number of aromatic nitrogens is 6. The van der Waals surface area contributed by atoms with E-state index >= 15 is 0 Å². The maximum absolute atomic E-state index is 13.8. The number of nitrogens with one attached hydrogen (secondary N) is 1. The van der Waals surface area contributed by atoms with Gasteiger partial charge in [-0.3, -0.25) is 4.79 Å². The van der Waals surface area contributed by atoms with E-state index in [1.54, 1.807) is 40.1 Å². The number of carbonyl (C=O) groups is 2. The van der Waals surface area contributed by atoms with E-state index in [1.807, 2.05) is 6.07 Å². The van der Waals surface area contributed by atoms with Crippen molar-refractivity contribution < 1.29 is 23.1 Å². The SMILES string of the molecule is O=C(Nc1cn2nc(-c3c(-c4ccc(F)cc4)ncn3C3CCN(C(=O)OC4CCCCC4)CC3)ccc2n1)c1ccnc(F)c1. The van der Waals surface area contributed by atoms with Crippen LogP contribution in [0.25, 0.3) is 28.3 Å². The number of likely N-dealkylation sites (tertiary alicyclic amines) is 1. The summed E-state index contributed by atoms with van der Waals surface area (Å²) in [4.78, 5) is 40.0. The summed E-state index contributed by atoms with van der Waals surface area (Å²) >= 11 is 0. The zero-order valence-corrected chi connectivity index (χ0v) is 25.0. The van der Waals surface area contributed by atoms with E-state index in [0.29, 0.717) is 43.0 Å². The molecule has 1 aliphatic heterocycles. The van der Waals surface area contributed by atoms with Crippen molar-refractivity contribution in [1.29, 1.82) is 0 Å². The summed E-state index contributed by atoms with van der Waals surface area (Å²) in [5, 5.41) is 7.49. The summed E-state index contributed by atoms with van der Waals surface area (Å²) in [7, 11) is 0. The van der Waals surface area contributed by atoms with Gasteiger partial charge in [0, 0.05) is 42.5 Å². The third kappa shape index (κ3) is 6.17. The number of imidazole rings is 2. The third-order valence-electron chi connectivity index (χ3n) is 8.64. The van der Waals surface area contributed by atoms with E-state index in [4.69, 9.17) is 14.8 Å². The lowest BCUT2D eigenvalue weighted by molar-refractivity contribution is 0.0385. The Morgan fingerprint density at radius 3 is 2.46 bits per heavy atom. The lowest BCUT2D eigenvalue weighted by atomic mass is 9.98. The zero-order chi connectivity index (χ0) is 31.6. The molecule has 13 heteroatoms. The highest BCUT2D eigenvalue weighted by Crippen LogP contribution is 2.36. The fourth-order valence-corrected chi connectivity index (χ4v) is 6.24. The Kier molecular flexibility index (Phi) is 8.12. The van der Waals surface area contributed by atoms with Crippen molar-refractivity contribution >= 4 is 23.5 Å². The van der Waals surface area contributed by atoms with Crippen molar-refractivity contribution in [3.05, 3.63) is 84.6 Å². The standard InChI is InChI=1S/C33H32F2N8O3/c34-23-8-6-21(7-9-23)30-31(42(20-37-30)24-13-16-41(17-14-24)33(45)46-25-4-2-1-3-5-25)26-10-11-29-38-28(19-43(29)40-26)39-32(44)22-12-15-36-27(35)18-22/h6-12,15,18-20,24-25H,1-5,13-14,16-17H2,(H,39,44). The average molecular weight is 627 g/mol. The summed E-state index contributed by atoms with van der Waals surface area (Å²) in [6.07, 6.45) is 11.0. The predicted molar refractivity (Wildman–Crippen MR) is 165 cm³/mol. The van der Waals surface area contributed by atoms with Crippen LogP contribution >= 0.6 is 0 Å². The van der Waals surface area contributed by atoms with E-state index in [9.17, 15) is 18.4 Å². The van der Waals surface area contributed by atoms with Crippen molar-refractivity contribution in [2.75, 3.05) is 18.4 Å². The Hall–Kier alpha value is -5.20. The number of rotatable bonds is 6. The summed E-state index contributed by atoms with van der Waals surface area (Å²) in [6, 6.07) is 12.2. The predicted octanol–water partition coefficient (Wildman–Crippen LogP) is 6.29. The van der Waals surface area contributed by atoms with E-state index in [-0.39, 0.29) is 35.4 Å². The minimum absolute atomic E-state index is 0.00846. The molecule has 46 heavy (non-hydrogen) atoms. The van der Waals surface area contributed by atoms with Crippen LogP contribution in [0, 0.1) is 11.8 Å². The smallest absolute Gasteiger partial charge is 0.410 e. The van der Waals surface area contributed by atoms with Crippen molar-refractivity contribution in [1.82, 2.24) is 34.0 Å². The number of halogens is 2. The van der Waals surface area contributed by atoms with Gasteiger partial charge in [0.1, 0.15) is 17.6 Å². The molecule has 236 valence electrons. The maximum atomic E-state index is 13.8. The van der Waals surface area contributed by atoms with Crippen molar-refractivity contribution in [2.24, 2.45) is 0 Å². The second-order valence-electron chi connectivity index (χ2n) is 11.7. The number of piperidine rings is 1. The van der Waals surface area contributed by atoms with Gasteiger partial charge >= 0.3 is 6.09 Å². The largest absolute Gasteiger partial charge is 0.446 e. The van der Waals surface area contributed by atoms with Crippen LogP contribution in [0.1, 0.15) is 61.3 Å². The molecule has 1 aromatic carbocycles. The molecule has 5 heterocycles. The van der Waals surface area contributed by atoms with Crippen LogP contribution in [0.3, 0.4) is 0 Å². The number of amides is 2. The summed E-state index contributed by atoms with van der Waals surface area (Å²) in [5.74, 6) is -1.39. The summed E-state index contributed by atoms with van der Waals surface area (Å²) in [6.45, 7) is 1.11. The molecule has 2 fully saturated rings. The highest BCUT2D eigenvalue weighted by atomic mass is 19.1. The lowest BCUT2D eigenvalue weighted by Crippen LogP contribution is -2.41. The normalized spacial score (nSPS) is 16.1. The Bertz CT molecular complexity index is 1880. The molecule has 2 aliphatic rings. The van der Waals surface area contributed by atoms with Crippen LogP contribution in [0.4, 0.5) is 19.4 Å². The number of hydrogen-bond donors (Lipinski definition) is 1. The topological polar surface area (TPSA) is 120 Å². The molecule has 4 aromatic heterocycles. The van der Waals surface area contributed by atoms with Crippen molar-refractivity contribution in [3.63, 3.8) is 0 Å².